The van der Waals surface area contributed by atoms with E-state index in [9.17, 15) is 21.6 Å². The van der Waals surface area contributed by atoms with E-state index in [1.165, 1.54) is 0 Å². The maximum absolute atomic E-state index is 13.4. The minimum absolute atomic E-state index is 0.0286. The Hall–Kier alpha value is -3.27. The topological polar surface area (TPSA) is 62.7 Å². The first-order valence-corrected chi connectivity index (χ1v) is 11.5. The fourth-order valence-corrected chi connectivity index (χ4v) is 5.11. The van der Waals surface area contributed by atoms with Gasteiger partial charge in [0, 0.05) is 19.7 Å². The lowest BCUT2D eigenvalue weighted by Crippen LogP contribution is -2.38. The van der Waals surface area contributed by atoms with Crippen LogP contribution in [-0.2, 0) is 16.2 Å². The van der Waals surface area contributed by atoms with Crippen LogP contribution in [0.25, 0.3) is 11.3 Å². The molecule has 6 nitrogen and oxygen atoms in total. The van der Waals surface area contributed by atoms with Crippen molar-refractivity contribution in [1.29, 1.82) is 0 Å². The van der Waals surface area contributed by atoms with Gasteiger partial charge in [-0.05, 0) is 55.0 Å². The maximum atomic E-state index is 13.4. The summed E-state index contributed by atoms with van der Waals surface area (Å²) in [5, 5.41) is 0. The number of hydrogen-bond donors (Lipinski definition) is 0. The van der Waals surface area contributed by atoms with Gasteiger partial charge in [0.1, 0.15) is 18.2 Å². The van der Waals surface area contributed by atoms with E-state index >= 15 is 0 Å². The second-order valence-corrected chi connectivity index (χ2v) is 9.73. The molecule has 0 N–H and O–H groups in total. The van der Waals surface area contributed by atoms with E-state index in [0.29, 0.717) is 23.1 Å². The van der Waals surface area contributed by atoms with Gasteiger partial charge in [-0.15, -0.1) is 0 Å². The summed E-state index contributed by atoms with van der Waals surface area (Å²) in [5.74, 6) is 1.07. The van der Waals surface area contributed by atoms with Crippen molar-refractivity contribution < 1.29 is 26.3 Å². The molecule has 3 aromatic rings. The van der Waals surface area contributed by atoms with Crippen LogP contribution in [0.1, 0.15) is 11.1 Å². The van der Waals surface area contributed by atoms with E-state index in [1.54, 1.807) is 18.2 Å². The van der Waals surface area contributed by atoms with Gasteiger partial charge >= 0.3 is 6.18 Å². The van der Waals surface area contributed by atoms with Crippen molar-refractivity contribution in [3.63, 3.8) is 0 Å². The molecule has 33 heavy (non-hydrogen) atoms. The Balaban J connectivity index is 1.81. The molecule has 0 atom stereocenters. The molecule has 1 aliphatic heterocycles. The molecule has 0 radical (unpaired) electrons. The van der Waals surface area contributed by atoms with Crippen molar-refractivity contribution in [2.75, 3.05) is 36.5 Å². The first-order chi connectivity index (χ1) is 15.5. The van der Waals surface area contributed by atoms with E-state index in [0.717, 1.165) is 33.9 Å². The number of rotatable bonds is 4. The second kappa shape index (κ2) is 8.26. The Morgan fingerprint density at radius 2 is 1.82 bits per heavy atom. The van der Waals surface area contributed by atoms with Gasteiger partial charge in [-0.1, -0.05) is 12.1 Å². The number of pyridine rings is 1. The van der Waals surface area contributed by atoms with Gasteiger partial charge in [-0.25, -0.2) is 13.4 Å². The van der Waals surface area contributed by atoms with Crippen molar-refractivity contribution in [1.82, 2.24) is 4.98 Å². The highest BCUT2D eigenvalue weighted by Gasteiger charge is 2.35. The lowest BCUT2D eigenvalue weighted by Gasteiger charge is -2.31. The Kier molecular flexibility index (Phi) is 5.73. The van der Waals surface area contributed by atoms with E-state index in [2.05, 4.69) is 4.98 Å². The molecule has 0 saturated carbocycles. The number of fused-ring (bicyclic) bond motifs is 1. The molecule has 1 aromatic heterocycles. The minimum Gasteiger partial charge on any atom is -0.489 e. The highest BCUT2D eigenvalue weighted by Crippen LogP contribution is 2.39. The predicted octanol–water partition coefficient (Wildman–Crippen LogP) is 4.73. The number of ether oxygens (including phenoxy) is 1. The average Bonchev–Trinajstić information content (AvgIpc) is 2.78. The summed E-state index contributed by atoms with van der Waals surface area (Å²) in [7, 11) is -0.531. The average molecular weight is 478 g/mol. The van der Waals surface area contributed by atoms with Crippen LogP contribution in [0.4, 0.5) is 24.7 Å². The van der Waals surface area contributed by atoms with Gasteiger partial charge in [0.25, 0.3) is 10.0 Å². The smallest absolute Gasteiger partial charge is 0.416 e. The molecular weight excluding hydrogens is 455 g/mol. The Bertz CT molecular complexity index is 1310. The van der Waals surface area contributed by atoms with Crippen LogP contribution in [0.2, 0.25) is 0 Å². The van der Waals surface area contributed by atoms with E-state index in [4.69, 9.17) is 4.74 Å². The quantitative estimate of drug-likeness (QED) is 0.544. The first kappa shape index (κ1) is 22.9. The maximum Gasteiger partial charge on any atom is 0.416 e. The summed E-state index contributed by atoms with van der Waals surface area (Å²) in [6.45, 7) is 1.95. The number of sulfonamides is 1. The summed E-state index contributed by atoms with van der Waals surface area (Å²) in [6, 6.07) is 12.6. The summed E-state index contributed by atoms with van der Waals surface area (Å²) < 4.78 is 73.0. The molecule has 0 amide bonds. The minimum atomic E-state index is -4.65. The van der Waals surface area contributed by atoms with Crippen molar-refractivity contribution in [2.24, 2.45) is 0 Å². The molecule has 4 rings (SSSR count). The molecule has 0 unspecified atom stereocenters. The van der Waals surface area contributed by atoms with Gasteiger partial charge in [-0.3, -0.25) is 4.31 Å². The van der Waals surface area contributed by atoms with Gasteiger partial charge in [-0.2, -0.15) is 13.2 Å². The Morgan fingerprint density at radius 3 is 2.52 bits per heavy atom. The van der Waals surface area contributed by atoms with Crippen molar-refractivity contribution in [3.05, 3.63) is 65.7 Å². The number of hydrogen-bond acceptors (Lipinski definition) is 5. The number of halogens is 3. The highest BCUT2D eigenvalue weighted by molar-refractivity contribution is 7.92. The molecule has 0 saturated heterocycles. The van der Waals surface area contributed by atoms with Crippen molar-refractivity contribution in [3.8, 4) is 17.0 Å². The summed E-state index contributed by atoms with van der Waals surface area (Å²) in [4.78, 5) is 6.09. The number of anilines is 2. The zero-order chi connectivity index (χ0) is 24.0. The highest BCUT2D eigenvalue weighted by atomic mass is 32.2. The zero-order valence-electron chi connectivity index (χ0n) is 18.2. The lowest BCUT2D eigenvalue weighted by molar-refractivity contribution is -0.137. The van der Waals surface area contributed by atoms with Crippen molar-refractivity contribution >= 4 is 21.5 Å². The first-order valence-electron chi connectivity index (χ1n) is 10.1. The zero-order valence-corrected chi connectivity index (χ0v) is 19.0. The fraction of sp³-hybridized carbons (Fsp3) is 0.261. The molecule has 2 heterocycles. The second-order valence-electron chi connectivity index (χ2n) is 7.86. The third kappa shape index (κ3) is 4.35. The molecule has 1 aliphatic rings. The summed E-state index contributed by atoms with van der Waals surface area (Å²) >= 11 is 0. The van der Waals surface area contributed by atoms with Crippen LogP contribution in [0.15, 0.2) is 59.5 Å². The van der Waals surface area contributed by atoms with E-state index in [1.807, 2.05) is 38.1 Å². The van der Waals surface area contributed by atoms with Crippen LogP contribution in [-0.4, -0.2) is 40.6 Å². The lowest BCUT2D eigenvalue weighted by atomic mass is 10.1. The normalized spacial score (nSPS) is 13.9. The largest absolute Gasteiger partial charge is 0.489 e. The van der Waals surface area contributed by atoms with Crippen LogP contribution in [0, 0.1) is 6.92 Å². The monoisotopic (exact) mass is 477 g/mol. The van der Waals surface area contributed by atoms with Gasteiger partial charge in [0.15, 0.2) is 0 Å². The summed E-state index contributed by atoms with van der Waals surface area (Å²) in [6.07, 6.45) is -4.65. The van der Waals surface area contributed by atoms with Gasteiger partial charge < -0.3 is 9.64 Å². The van der Waals surface area contributed by atoms with Crippen molar-refractivity contribution in [2.45, 2.75) is 18.0 Å². The van der Waals surface area contributed by atoms with E-state index < -0.39 is 26.7 Å². The van der Waals surface area contributed by atoms with Crippen LogP contribution >= 0.6 is 0 Å². The molecule has 0 bridgehead atoms. The molecule has 10 heteroatoms. The fourth-order valence-electron chi connectivity index (χ4n) is 3.61. The van der Waals surface area contributed by atoms with Gasteiger partial charge in [0.05, 0.1) is 28.4 Å². The standard InChI is InChI=1S/C23H22F3N3O3S/c1-15-7-10-21(28(2)3)27-22(15)16-8-9-20-19(13-16)29(11-12-32-20)33(30,31)18-6-4-5-17(14-18)23(24,25)26/h4-10,13-14H,11-12H2,1-3H3. The number of alkyl halides is 3. The van der Waals surface area contributed by atoms with Crippen LogP contribution < -0.4 is 13.9 Å². The Morgan fingerprint density at radius 1 is 1.06 bits per heavy atom. The Labute approximate surface area is 190 Å². The van der Waals surface area contributed by atoms with Crippen LogP contribution in [0.3, 0.4) is 0 Å². The number of benzene rings is 2. The number of aromatic nitrogens is 1. The van der Waals surface area contributed by atoms with E-state index in [-0.39, 0.29) is 18.8 Å². The number of aryl methyl sites for hydroxylation is 1. The molecule has 0 spiro atoms. The molecule has 2 aromatic carbocycles. The molecule has 0 fully saturated rings. The van der Waals surface area contributed by atoms with Crippen LogP contribution in [0.5, 0.6) is 5.75 Å². The third-order valence-electron chi connectivity index (χ3n) is 5.34. The summed E-state index contributed by atoms with van der Waals surface area (Å²) in [5.41, 5.74) is 1.47. The predicted molar refractivity (Wildman–Crippen MR) is 120 cm³/mol. The number of nitrogens with zero attached hydrogens (tertiary/aromatic N) is 3. The molecule has 174 valence electrons. The van der Waals surface area contributed by atoms with Gasteiger partial charge in [0.2, 0.25) is 0 Å². The molecular formula is C23H22F3N3O3S. The third-order valence-corrected chi connectivity index (χ3v) is 7.15. The molecule has 0 aliphatic carbocycles. The SMILES string of the molecule is Cc1ccc(N(C)C)nc1-c1ccc2c(c1)N(S(=O)(=O)c1cccc(C(F)(F)F)c1)CCO2.